The van der Waals surface area contributed by atoms with Crippen molar-refractivity contribution in [3.05, 3.63) is 24.3 Å². The average Bonchev–Trinajstić information content (AvgIpc) is 3.25. The van der Waals surface area contributed by atoms with Crippen molar-refractivity contribution in [2.75, 3.05) is 40.5 Å². The molecule has 0 amide bonds. The van der Waals surface area contributed by atoms with Gasteiger partial charge in [0.05, 0.1) is 21.4 Å². The van der Waals surface area contributed by atoms with E-state index in [1.807, 2.05) is 14.2 Å². The quantitative estimate of drug-likeness (QED) is 0.672. The number of allylic oxidation sites excluding steroid dienone is 4. The predicted octanol–water partition coefficient (Wildman–Crippen LogP) is 3.01. The molecule has 1 aliphatic carbocycles. The van der Waals surface area contributed by atoms with E-state index in [1.54, 1.807) is 0 Å². The molecule has 0 saturated carbocycles. The standard InChI is InChI=1S/C17H29N2O2P/c1-20-13-15-7-5-11-18(15)22(17-9-3-4-10-17)19-12-6-8-16(19)14-21-2/h3-4,9-10,15-17H,5-8,11-14H2,1-2H3/t15-,16-/m0/s1. The molecule has 3 rings (SSSR count). The van der Waals surface area contributed by atoms with Crippen LogP contribution in [0.3, 0.4) is 0 Å². The third-order valence-corrected chi connectivity index (χ3v) is 7.91. The number of ether oxygens (including phenoxy) is 2. The summed E-state index contributed by atoms with van der Waals surface area (Å²) in [7, 11) is 3.33. The minimum absolute atomic E-state index is 0.333. The van der Waals surface area contributed by atoms with E-state index in [-0.39, 0.29) is 8.22 Å². The molecule has 2 fully saturated rings. The first kappa shape index (κ1) is 16.6. The Morgan fingerprint density at radius 3 is 1.86 bits per heavy atom. The molecule has 0 aromatic heterocycles. The Hall–Kier alpha value is -0.250. The summed E-state index contributed by atoms with van der Waals surface area (Å²) < 4.78 is 16.5. The van der Waals surface area contributed by atoms with Gasteiger partial charge in [0.1, 0.15) is 0 Å². The fraction of sp³-hybridized carbons (Fsp3) is 0.765. The van der Waals surface area contributed by atoms with E-state index in [2.05, 4.69) is 33.6 Å². The van der Waals surface area contributed by atoms with Crippen LogP contribution in [-0.2, 0) is 9.47 Å². The van der Waals surface area contributed by atoms with Gasteiger partial charge in [0.15, 0.2) is 0 Å². The molecule has 2 heterocycles. The van der Waals surface area contributed by atoms with Crippen molar-refractivity contribution in [3.8, 4) is 0 Å². The van der Waals surface area contributed by atoms with Crippen molar-refractivity contribution in [2.24, 2.45) is 0 Å². The Morgan fingerprint density at radius 2 is 1.41 bits per heavy atom. The lowest BCUT2D eigenvalue weighted by Crippen LogP contribution is -2.40. The molecule has 0 bridgehead atoms. The number of hydrogen-bond donors (Lipinski definition) is 0. The van der Waals surface area contributed by atoms with Gasteiger partial charge in [0.25, 0.3) is 0 Å². The van der Waals surface area contributed by atoms with Gasteiger partial charge in [-0.2, -0.15) is 0 Å². The molecule has 0 spiro atoms. The highest BCUT2D eigenvalue weighted by molar-refractivity contribution is 7.54. The van der Waals surface area contributed by atoms with Crippen LogP contribution in [-0.4, -0.2) is 67.6 Å². The number of hydrogen-bond acceptors (Lipinski definition) is 4. The summed E-state index contributed by atoms with van der Waals surface area (Å²) in [5.74, 6) is 0. The molecule has 0 radical (unpaired) electrons. The zero-order valence-electron chi connectivity index (χ0n) is 13.9. The van der Waals surface area contributed by atoms with E-state index in [4.69, 9.17) is 9.47 Å². The average molecular weight is 324 g/mol. The predicted molar refractivity (Wildman–Crippen MR) is 92.2 cm³/mol. The maximum atomic E-state index is 5.50. The summed E-state index contributed by atoms with van der Waals surface area (Å²) >= 11 is 0. The van der Waals surface area contributed by atoms with E-state index < -0.39 is 0 Å². The maximum absolute atomic E-state index is 5.50. The second kappa shape index (κ2) is 8.03. The highest BCUT2D eigenvalue weighted by atomic mass is 31.1. The second-order valence-corrected chi connectivity index (χ2v) is 8.67. The van der Waals surface area contributed by atoms with Gasteiger partial charge in [-0.15, -0.1) is 0 Å². The SMILES string of the molecule is COC[C@@H]1CCCN1P(C1C=CC=C1)N1CCC[C@H]1COC. The summed E-state index contributed by atoms with van der Waals surface area (Å²) in [6, 6.07) is 1.17. The third-order valence-electron chi connectivity index (χ3n) is 4.93. The lowest BCUT2D eigenvalue weighted by molar-refractivity contribution is 0.137. The van der Waals surface area contributed by atoms with Crippen molar-refractivity contribution >= 4 is 8.22 Å². The monoisotopic (exact) mass is 324 g/mol. The molecule has 2 atom stereocenters. The molecule has 5 heteroatoms. The zero-order chi connectivity index (χ0) is 15.4. The van der Waals surface area contributed by atoms with Crippen LogP contribution in [0.4, 0.5) is 0 Å². The van der Waals surface area contributed by atoms with Gasteiger partial charge in [-0.1, -0.05) is 24.3 Å². The van der Waals surface area contributed by atoms with Crippen LogP contribution in [0.5, 0.6) is 0 Å². The molecule has 2 aliphatic heterocycles. The van der Waals surface area contributed by atoms with Gasteiger partial charge in [0.2, 0.25) is 0 Å². The molecule has 0 N–H and O–H groups in total. The van der Waals surface area contributed by atoms with E-state index in [0.717, 1.165) is 13.2 Å². The van der Waals surface area contributed by atoms with Gasteiger partial charge < -0.3 is 9.47 Å². The topological polar surface area (TPSA) is 24.9 Å². The molecule has 0 aromatic rings. The Balaban J connectivity index is 1.80. The zero-order valence-corrected chi connectivity index (χ0v) is 14.8. The lowest BCUT2D eigenvalue weighted by Gasteiger charge is -2.43. The summed E-state index contributed by atoms with van der Waals surface area (Å²) in [5, 5.41) is 0. The summed E-state index contributed by atoms with van der Waals surface area (Å²) in [6.07, 6.45) is 14.3. The molecule has 0 aromatic carbocycles. The van der Waals surface area contributed by atoms with Crippen LogP contribution in [0.15, 0.2) is 24.3 Å². The first-order chi connectivity index (χ1) is 10.8. The maximum Gasteiger partial charge on any atom is 0.0621 e. The highest BCUT2D eigenvalue weighted by Crippen LogP contribution is 2.56. The van der Waals surface area contributed by atoms with E-state index in [0.29, 0.717) is 17.7 Å². The van der Waals surface area contributed by atoms with Crippen LogP contribution in [0, 0.1) is 0 Å². The van der Waals surface area contributed by atoms with Crippen molar-refractivity contribution in [1.82, 2.24) is 9.34 Å². The molecule has 124 valence electrons. The normalized spacial score (nSPS) is 30.3. The fourth-order valence-electron chi connectivity index (χ4n) is 3.97. The van der Waals surface area contributed by atoms with Gasteiger partial charge in [-0.3, -0.25) is 9.34 Å². The Labute approximate surface area is 136 Å². The lowest BCUT2D eigenvalue weighted by atomic mass is 10.2. The third kappa shape index (κ3) is 3.47. The Morgan fingerprint density at radius 1 is 0.909 bits per heavy atom. The molecule has 0 unspecified atom stereocenters. The van der Waals surface area contributed by atoms with Gasteiger partial charge >= 0.3 is 0 Å². The minimum Gasteiger partial charge on any atom is -0.383 e. The van der Waals surface area contributed by atoms with E-state index in [1.165, 1.54) is 38.8 Å². The van der Waals surface area contributed by atoms with Crippen LogP contribution in [0.25, 0.3) is 0 Å². The smallest absolute Gasteiger partial charge is 0.0621 e. The number of rotatable bonds is 7. The molecule has 22 heavy (non-hydrogen) atoms. The fourth-order valence-corrected chi connectivity index (χ4v) is 7.18. The van der Waals surface area contributed by atoms with Gasteiger partial charge in [0, 0.05) is 45.1 Å². The van der Waals surface area contributed by atoms with Crippen molar-refractivity contribution in [3.63, 3.8) is 0 Å². The van der Waals surface area contributed by atoms with Crippen molar-refractivity contribution < 1.29 is 9.47 Å². The second-order valence-electron chi connectivity index (χ2n) is 6.41. The van der Waals surface area contributed by atoms with Crippen LogP contribution in [0.1, 0.15) is 25.7 Å². The molecule has 3 aliphatic rings. The first-order valence-corrected chi connectivity index (χ1v) is 9.82. The van der Waals surface area contributed by atoms with Gasteiger partial charge in [-0.05, 0) is 25.7 Å². The highest BCUT2D eigenvalue weighted by Gasteiger charge is 2.41. The van der Waals surface area contributed by atoms with E-state index >= 15 is 0 Å². The summed E-state index contributed by atoms with van der Waals surface area (Å²) in [4.78, 5) is 0. The largest absolute Gasteiger partial charge is 0.383 e. The molecular weight excluding hydrogens is 295 g/mol. The number of nitrogens with zero attached hydrogens (tertiary/aromatic N) is 2. The minimum atomic E-state index is -0.333. The van der Waals surface area contributed by atoms with E-state index in [9.17, 15) is 0 Å². The molecule has 2 saturated heterocycles. The van der Waals surface area contributed by atoms with Gasteiger partial charge in [-0.25, -0.2) is 0 Å². The Kier molecular flexibility index (Phi) is 6.06. The molecular formula is C17H29N2O2P. The first-order valence-electron chi connectivity index (χ1n) is 8.50. The van der Waals surface area contributed by atoms with Crippen LogP contribution in [0.2, 0.25) is 0 Å². The number of methoxy groups -OCH3 is 2. The van der Waals surface area contributed by atoms with Crippen molar-refractivity contribution in [2.45, 2.75) is 43.4 Å². The summed E-state index contributed by atoms with van der Waals surface area (Å²) in [6.45, 7) is 4.16. The van der Waals surface area contributed by atoms with Crippen LogP contribution < -0.4 is 0 Å². The molecule has 4 nitrogen and oxygen atoms in total. The summed E-state index contributed by atoms with van der Waals surface area (Å²) in [5.41, 5.74) is 0.560. The van der Waals surface area contributed by atoms with Crippen LogP contribution >= 0.6 is 8.22 Å². The van der Waals surface area contributed by atoms with Crippen molar-refractivity contribution in [1.29, 1.82) is 0 Å². The Bertz CT molecular complexity index is 379.